The van der Waals surface area contributed by atoms with E-state index in [0.717, 1.165) is 52.1 Å². The van der Waals surface area contributed by atoms with Crippen molar-refractivity contribution in [1.82, 2.24) is 15.1 Å². The van der Waals surface area contributed by atoms with E-state index in [4.69, 9.17) is 0 Å². The maximum atomic E-state index is 12.6. The number of benzene rings is 1. The van der Waals surface area contributed by atoms with Gasteiger partial charge in [-0.1, -0.05) is 30.3 Å². The first-order chi connectivity index (χ1) is 11.3. The van der Waals surface area contributed by atoms with Gasteiger partial charge in [0.05, 0.1) is 6.04 Å². The summed E-state index contributed by atoms with van der Waals surface area (Å²) in [6.45, 7) is 8.11. The third-order valence-corrected chi connectivity index (χ3v) is 5.15. The molecule has 2 heterocycles. The number of rotatable bonds is 6. The third kappa shape index (κ3) is 4.33. The number of carbonyl (C=O) groups excluding carboxylic acids is 1. The fourth-order valence-corrected chi connectivity index (χ4v) is 3.85. The summed E-state index contributed by atoms with van der Waals surface area (Å²) in [5.74, 6) is 0.926. The number of nitrogens with zero attached hydrogens (tertiary/aromatic N) is 2. The number of hydrogen-bond donors (Lipinski definition) is 1. The summed E-state index contributed by atoms with van der Waals surface area (Å²) in [7, 11) is 0. The van der Waals surface area contributed by atoms with Crippen LogP contribution >= 0.6 is 0 Å². The van der Waals surface area contributed by atoms with Crippen LogP contribution in [0.4, 0.5) is 0 Å². The molecule has 4 heteroatoms. The molecule has 126 valence electrons. The van der Waals surface area contributed by atoms with Crippen molar-refractivity contribution in [2.45, 2.75) is 38.8 Å². The number of hydrogen-bond acceptors (Lipinski definition) is 3. The summed E-state index contributed by atoms with van der Waals surface area (Å²) < 4.78 is 0. The Kier molecular flexibility index (Phi) is 5.68. The summed E-state index contributed by atoms with van der Waals surface area (Å²) in [4.78, 5) is 17.2. The number of carbonyl (C=O) groups is 1. The first kappa shape index (κ1) is 16.5. The molecule has 4 nitrogen and oxygen atoms in total. The molecule has 0 saturated carbocycles. The highest BCUT2D eigenvalue weighted by atomic mass is 16.2. The quantitative estimate of drug-likeness (QED) is 0.873. The monoisotopic (exact) mass is 315 g/mol. The van der Waals surface area contributed by atoms with E-state index in [-0.39, 0.29) is 6.04 Å². The lowest BCUT2D eigenvalue weighted by atomic mass is 10.1. The van der Waals surface area contributed by atoms with E-state index in [1.54, 1.807) is 0 Å². The maximum Gasteiger partial charge on any atom is 0.239 e. The number of nitrogens with one attached hydrogen (secondary N) is 1. The Balaban J connectivity index is 1.49. The smallest absolute Gasteiger partial charge is 0.239 e. The summed E-state index contributed by atoms with van der Waals surface area (Å²) in [6.07, 6.45) is 3.33. The van der Waals surface area contributed by atoms with Crippen LogP contribution in [0, 0.1) is 5.92 Å². The molecule has 2 aliphatic rings. The third-order valence-electron chi connectivity index (χ3n) is 5.15. The highest BCUT2D eigenvalue weighted by Gasteiger charge is 2.30. The summed E-state index contributed by atoms with van der Waals surface area (Å²) in [5, 5.41) is 3.34. The molecule has 2 atom stereocenters. The van der Waals surface area contributed by atoms with Gasteiger partial charge in [0, 0.05) is 26.2 Å². The van der Waals surface area contributed by atoms with Crippen molar-refractivity contribution in [3.63, 3.8) is 0 Å². The van der Waals surface area contributed by atoms with Crippen molar-refractivity contribution in [3.05, 3.63) is 35.9 Å². The lowest BCUT2D eigenvalue weighted by molar-refractivity contribution is -0.133. The van der Waals surface area contributed by atoms with Gasteiger partial charge in [-0.3, -0.25) is 9.69 Å². The van der Waals surface area contributed by atoms with Crippen LogP contribution in [0.15, 0.2) is 30.3 Å². The summed E-state index contributed by atoms with van der Waals surface area (Å²) >= 11 is 0. The molecule has 3 rings (SSSR count). The Morgan fingerprint density at radius 1 is 1.30 bits per heavy atom. The lowest BCUT2D eigenvalue weighted by Crippen LogP contribution is -2.45. The molecule has 0 radical (unpaired) electrons. The van der Waals surface area contributed by atoms with E-state index in [2.05, 4.69) is 52.4 Å². The standard InChI is InChI=1S/C19H29N3O/c1-2-22(19(23)18-9-6-11-20-18)15-17-10-12-21(14-17)13-16-7-4-3-5-8-16/h3-5,7-8,17-18,20H,2,6,9-15H2,1H3. The molecular formula is C19H29N3O. The van der Waals surface area contributed by atoms with Crippen LogP contribution in [0.1, 0.15) is 31.7 Å². The molecule has 1 aromatic carbocycles. The highest BCUT2D eigenvalue weighted by molar-refractivity contribution is 5.82. The Morgan fingerprint density at radius 2 is 2.13 bits per heavy atom. The summed E-state index contributed by atoms with van der Waals surface area (Å²) in [5.41, 5.74) is 1.38. The van der Waals surface area contributed by atoms with E-state index in [1.165, 1.54) is 12.0 Å². The average Bonchev–Trinajstić information content (AvgIpc) is 3.25. The second-order valence-electron chi connectivity index (χ2n) is 6.90. The van der Waals surface area contributed by atoms with Gasteiger partial charge in [0.1, 0.15) is 0 Å². The largest absolute Gasteiger partial charge is 0.341 e. The van der Waals surface area contributed by atoms with Gasteiger partial charge in [0.2, 0.25) is 5.91 Å². The minimum absolute atomic E-state index is 0.0665. The van der Waals surface area contributed by atoms with Crippen molar-refractivity contribution in [2.24, 2.45) is 5.92 Å². The second kappa shape index (κ2) is 7.93. The van der Waals surface area contributed by atoms with Crippen molar-refractivity contribution < 1.29 is 4.79 Å². The summed E-state index contributed by atoms with van der Waals surface area (Å²) in [6, 6.07) is 10.7. The molecule has 0 spiro atoms. The molecule has 1 N–H and O–H groups in total. The molecule has 2 saturated heterocycles. The van der Waals surface area contributed by atoms with E-state index in [9.17, 15) is 4.79 Å². The Labute approximate surface area is 139 Å². The fraction of sp³-hybridized carbons (Fsp3) is 0.632. The van der Waals surface area contributed by atoms with E-state index >= 15 is 0 Å². The minimum Gasteiger partial charge on any atom is -0.341 e. The Morgan fingerprint density at radius 3 is 2.83 bits per heavy atom. The topological polar surface area (TPSA) is 35.6 Å². The second-order valence-corrected chi connectivity index (χ2v) is 6.90. The van der Waals surface area contributed by atoms with E-state index < -0.39 is 0 Å². The molecule has 0 aliphatic carbocycles. The van der Waals surface area contributed by atoms with Crippen LogP contribution in [0.3, 0.4) is 0 Å². The normalized spacial score (nSPS) is 24.9. The van der Waals surface area contributed by atoms with Crippen molar-refractivity contribution in [3.8, 4) is 0 Å². The molecule has 0 bridgehead atoms. The van der Waals surface area contributed by atoms with Crippen LogP contribution in [-0.2, 0) is 11.3 Å². The fourth-order valence-electron chi connectivity index (χ4n) is 3.85. The molecule has 2 unspecified atom stereocenters. The molecule has 2 aliphatic heterocycles. The Bertz CT molecular complexity index is 499. The number of likely N-dealkylation sites (tertiary alicyclic amines) is 1. The molecular weight excluding hydrogens is 286 g/mol. The van der Waals surface area contributed by atoms with Crippen molar-refractivity contribution in [2.75, 3.05) is 32.7 Å². The van der Waals surface area contributed by atoms with Crippen LogP contribution in [0.5, 0.6) is 0 Å². The van der Waals surface area contributed by atoms with Gasteiger partial charge in [-0.2, -0.15) is 0 Å². The Hall–Kier alpha value is -1.39. The molecule has 2 fully saturated rings. The first-order valence-electron chi connectivity index (χ1n) is 9.04. The number of amides is 1. The molecule has 1 aromatic rings. The van der Waals surface area contributed by atoms with Crippen LogP contribution in [-0.4, -0.2) is 54.5 Å². The lowest BCUT2D eigenvalue weighted by Gasteiger charge is -2.27. The minimum atomic E-state index is 0.0665. The first-order valence-corrected chi connectivity index (χ1v) is 9.04. The predicted octanol–water partition coefficient (Wildman–Crippen LogP) is 2.11. The van der Waals surface area contributed by atoms with Crippen molar-refractivity contribution in [1.29, 1.82) is 0 Å². The average molecular weight is 315 g/mol. The van der Waals surface area contributed by atoms with Gasteiger partial charge >= 0.3 is 0 Å². The van der Waals surface area contributed by atoms with Crippen LogP contribution in [0.2, 0.25) is 0 Å². The van der Waals surface area contributed by atoms with Gasteiger partial charge in [-0.25, -0.2) is 0 Å². The van der Waals surface area contributed by atoms with Gasteiger partial charge in [-0.05, 0) is 50.8 Å². The SMILES string of the molecule is CCN(CC1CCN(Cc2ccccc2)C1)C(=O)C1CCCN1. The zero-order valence-corrected chi connectivity index (χ0v) is 14.2. The van der Waals surface area contributed by atoms with Crippen LogP contribution < -0.4 is 5.32 Å². The van der Waals surface area contributed by atoms with E-state index in [1.807, 2.05) is 0 Å². The van der Waals surface area contributed by atoms with Gasteiger partial charge in [0.15, 0.2) is 0 Å². The highest BCUT2D eigenvalue weighted by Crippen LogP contribution is 2.20. The van der Waals surface area contributed by atoms with Gasteiger partial charge in [0.25, 0.3) is 0 Å². The van der Waals surface area contributed by atoms with Gasteiger partial charge in [-0.15, -0.1) is 0 Å². The molecule has 23 heavy (non-hydrogen) atoms. The zero-order chi connectivity index (χ0) is 16.1. The van der Waals surface area contributed by atoms with Crippen LogP contribution in [0.25, 0.3) is 0 Å². The molecule has 1 amide bonds. The van der Waals surface area contributed by atoms with E-state index in [0.29, 0.717) is 11.8 Å². The zero-order valence-electron chi connectivity index (χ0n) is 14.2. The number of likely N-dealkylation sites (N-methyl/N-ethyl adjacent to an activating group) is 1. The maximum absolute atomic E-state index is 12.6. The molecule has 0 aromatic heterocycles. The van der Waals surface area contributed by atoms with Crippen molar-refractivity contribution >= 4 is 5.91 Å². The predicted molar refractivity (Wildman–Crippen MR) is 93.1 cm³/mol. The van der Waals surface area contributed by atoms with Gasteiger partial charge < -0.3 is 10.2 Å².